The van der Waals surface area contributed by atoms with Crippen LogP contribution >= 0.6 is 0 Å². The van der Waals surface area contributed by atoms with Crippen molar-refractivity contribution in [3.05, 3.63) is 0 Å². The van der Waals surface area contributed by atoms with Gasteiger partial charge in [-0.15, -0.1) is 0 Å². The number of hydrogen-bond acceptors (Lipinski definition) is 5. The lowest BCUT2D eigenvalue weighted by atomic mass is 9.97. The number of nitrogens with two attached hydrogens (primary N) is 1. The van der Waals surface area contributed by atoms with Crippen LogP contribution in [0.2, 0.25) is 0 Å². The van der Waals surface area contributed by atoms with Crippen molar-refractivity contribution in [3.63, 3.8) is 0 Å². The second kappa shape index (κ2) is 7.73. The normalized spacial score (nSPS) is 16.0. The van der Waals surface area contributed by atoms with Gasteiger partial charge < -0.3 is 20.7 Å². The van der Waals surface area contributed by atoms with E-state index in [1.54, 1.807) is 11.8 Å². The van der Waals surface area contributed by atoms with Gasteiger partial charge in [0.1, 0.15) is 0 Å². The summed E-state index contributed by atoms with van der Waals surface area (Å²) >= 11 is 0. The van der Waals surface area contributed by atoms with Crippen LogP contribution in [0.5, 0.6) is 0 Å². The summed E-state index contributed by atoms with van der Waals surface area (Å²) in [4.78, 5) is 35.9. The Labute approximate surface area is 112 Å². The summed E-state index contributed by atoms with van der Waals surface area (Å²) < 4.78 is 4.96. The molecule has 0 unspecified atom stereocenters. The third-order valence-corrected chi connectivity index (χ3v) is 3.09. The quantitative estimate of drug-likeness (QED) is 0.616. The van der Waals surface area contributed by atoms with Crippen molar-refractivity contribution in [3.8, 4) is 0 Å². The van der Waals surface area contributed by atoms with Gasteiger partial charge in [0, 0.05) is 13.1 Å². The highest BCUT2D eigenvalue weighted by molar-refractivity contribution is 5.85. The van der Waals surface area contributed by atoms with Gasteiger partial charge in [-0.05, 0) is 19.8 Å². The second-order valence-corrected chi connectivity index (χ2v) is 4.39. The number of likely N-dealkylation sites (tertiary alicyclic amines) is 1. The first kappa shape index (κ1) is 15.4. The van der Waals surface area contributed by atoms with Crippen LogP contribution in [0.3, 0.4) is 0 Å². The standard InChI is InChI=1S/C12H21N3O4/c1-2-19-12(18)9-3-5-15(6-4-9)11(17)8-14-10(16)7-13/h9H,2-8,13H2,1H3,(H,14,16). The van der Waals surface area contributed by atoms with Gasteiger partial charge in [0.05, 0.1) is 25.6 Å². The Bertz CT molecular complexity index is 338. The van der Waals surface area contributed by atoms with Gasteiger partial charge >= 0.3 is 5.97 Å². The van der Waals surface area contributed by atoms with Crippen molar-refractivity contribution in [2.45, 2.75) is 19.8 Å². The molecule has 0 aromatic carbocycles. The van der Waals surface area contributed by atoms with E-state index >= 15 is 0 Å². The van der Waals surface area contributed by atoms with E-state index in [4.69, 9.17) is 10.5 Å². The molecule has 2 amide bonds. The average molecular weight is 271 g/mol. The Kier molecular flexibility index (Phi) is 6.27. The van der Waals surface area contributed by atoms with Crippen LogP contribution in [0, 0.1) is 5.92 Å². The highest BCUT2D eigenvalue weighted by atomic mass is 16.5. The molecule has 0 bridgehead atoms. The predicted molar refractivity (Wildman–Crippen MR) is 68.0 cm³/mol. The van der Waals surface area contributed by atoms with Crippen LogP contribution in [-0.4, -0.2) is 55.5 Å². The summed E-state index contributed by atoms with van der Waals surface area (Å²) in [6.45, 7) is 3.01. The maximum Gasteiger partial charge on any atom is 0.309 e. The third-order valence-electron chi connectivity index (χ3n) is 3.09. The van der Waals surface area contributed by atoms with E-state index in [2.05, 4.69) is 5.32 Å². The zero-order chi connectivity index (χ0) is 14.3. The number of nitrogens with one attached hydrogen (secondary N) is 1. The number of carbonyl (C=O) groups is 3. The first-order valence-corrected chi connectivity index (χ1v) is 6.49. The first-order chi connectivity index (χ1) is 9.08. The van der Waals surface area contributed by atoms with Crippen molar-refractivity contribution in [1.29, 1.82) is 0 Å². The number of amides is 2. The molecule has 1 aliphatic rings. The number of esters is 1. The Morgan fingerprint density at radius 3 is 2.47 bits per heavy atom. The second-order valence-electron chi connectivity index (χ2n) is 4.39. The molecule has 0 atom stereocenters. The maximum absolute atomic E-state index is 11.8. The molecule has 7 heteroatoms. The van der Waals surface area contributed by atoms with Crippen molar-refractivity contribution >= 4 is 17.8 Å². The van der Waals surface area contributed by atoms with E-state index < -0.39 is 0 Å². The highest BCUT2D eigenvalue weighted by Gasteiger charge is 2.27. The van der Waals surface area contributed by atoms with Crippen molar-refractivity contribution in [1.82, 2.24) is 10.2 Å². The van der Waals surface area contributed by atoms with E-state index in [1.165, 1.54) is 0 Å². The third kappa shape index (κ3) is 4.86. The van der Waals surface area contributed by atoms with Crippen LogP contribution < -0.4 is 11.1 Å². The van der Waals surface area contributed by atoms with E-state index in [0.717, 1.165) is 0 Å². The number of hydrogen-bond donors (Lipinski definition) is 2. The van der Waals surface area contributed by atoms with Gasteiger partial charge in [-0.2, -0.15) is 0 Å². The highest BCUT2D eigenvalue weighted by Crippen LogP contribution is 2.18. The van der Waals surface area contributed by atoms with Crippen LogP contribution in [0.1, 0.15) is 19.8 Å². The molecule has 0 aromatic rings. The molecule has 1 fully saturated rings. The molecule has 108 valence electrons. The Hall–Kier alpha value is -1.63. The van der Waals surface area contributed by atoms with Crippen molar-refractivity contribution < 1.29 is 19.1 Å². The van der Waals surface area contributed by atoms with Gasteiger partial charge in [-0.1, -0.05) is 0 Å². The summed E-state index contributed by atoms with van der Waals surface area (Å²) in [6, 6.07) is 0. The molecule has 0 radical (unpaired) electrons. The molecule has 0 aliphatic carbocycles. The lowest BCUT2D eigenvalue weighted by Crippen LogP contribution is -2.46. The molecule has 1 heterocycles. The molecule has 1 aliphatic heterocycles. The molecule has 7 nitrogen and oxygen atoms in total. The maximum atomic E-state index is 11.8. The lowest BCUT2D eigenvalue weighted by Gasteiger charge is -2.30. The molecule has 3 N–H and O–H groups in total. The fourth-order valence-electron chi connectivity index (χ4n) is 1.98. The van der Waals surface area contributed by atoms with Crippen LogP contribution in [0.25, 0.3) is 0 Å². The van der Waals surface area contributed by atoms with E-state index in [-0.39, 0.29) is 36.8 Å². The molecular formula is C12H21N3O4. The summed E-state index contributed by atoms with van der Waals surface area (Å²) in [7, 11) is 0. The summed E-state index contributed by atoms with van der Waals surface area (Å²) in [5.41, 5.74) is 5.13. The van der Waals surface area contributed by atoms with Crippen molar-refractivity contribution in [2.75, 3.05) is 32.8 Å². The zero-order valence-corrected chi connectivity index (χ0v) is 11.2. The zero-order valence-electron chi connectivity index (χ0n) is 11.2. The van der Waals surface area contributed by atoms with Gasteiger partial charge in [0.2, 0.25) is 11.8 Å². The number of nitrogens with zero attached hydrogens (tertiary/aromatic N) is 1. The molecule has 1 rings (SSSR count). The van der Waals surface area contributed by atoms with Gasteiger partial charge in [-0.3, -0.25) is 14.4 Å². The molecule has 1 saturated heterocycles. The minimum Gasteiger partial charge on any atom is -0.466 e. The fraction of sp³-hybridized carbons (Fsp3) is 0.750. The van der Waals surface area contributed by atoms with Gasteiger partial charge in [0.15, 0.2) is 0 Å². The molecule has 0 saturated carbocycles. The van der Waals surface area contributed by atoms with Crippen molar-refractivity contribution in [2.24, 2.45) is 11.7 Å². The number of piperidine rings is 1. The largest absolute Gasteiger partial charge is 0.466 e. The SMILES string of the molecule is CCOC(=O)C1CCN(C(=O)CNC(=O)CN)CC1. The lowest BCUT2D eigenvalue weighted by molar-refractivity contribution is -0.151. The monoisotopic (exact) mass is 271 g/mol. The Balaban J connectivity index is 2.31. The number of rotatable bonds is 5. The summed E-state index contributed by atoms with van der Waals surface area (Å²) in [6.07, 6.45) is 1.21. The topological polar surface area (TPSA) is 102 Å². The van der Waals surface area contributed by atoms with Crippen LogP contribution in [0.4, 0.5) is 0 Å². The first-order valence-electron chi connectivity index (χ1n) is 6.49. The molecular weight excluding hydrogens is 250 g/mol. The number of carbonyl (C=O) groups excluding carboxylic acids is 3. The smallest absolute Gasteiger partial charge is 0.309 e. The fourth-order valence-corrected chi connectivity index (χ4v) is 1.98. The summed E-state index contributed by atoms with van der Waals surface area (Å²) in [5.74, 6) is -0.812. The van der Waals surface area contributed by atoms with Gasteiger partial charge in [0.25, 0.3) is 0 Å². The minimum atomic E-state index is -0.352. The van der Waals surface area contributed by atoms with E-state index in [1.807, 2.05) is 0 Å². The Morgan fingerprint density at radius 2 is 1.95 bits per heavy atom. The van der Waals surface area contributed by atoms with E-state index in [0.29, 0.717) is 32.5 Å². The Morgan fingerprint density at radius 1 is 1.32 bits per heavy atom. The molecule has 0 spiro atoms. The van der Waals surface area contributed by atoms with Crippen LogP contribution in [-0.2, 0) is 19.1 Å². The number of ether oxygens (including phenoxy) is 1. The average Bonchev–Trinajstić information content (AvgIpc) is 2.44. The molecule has 19 heavy (non-hydrogen) atoms. The minimum absolute atomic E-state index is 0.0416. The molecule has 0 aromatic heterocycles. The predicted octanol–water partition coefficient (Wildman–Crippen LogP) is -1.14. The van der Waals surface area contributed by atoms with Crippen LogP contribution in [0.15, 0.2) is 0 Å². The van der Waals surface area contributed by atoms with E-state index in [9.17, 15) is 14.4 Å². The van der Waals surface area contributed by atoms with Gasteiger partial charge in [-0.25, -0.2) is 0 Å². The summed E-state index contributed by atoms with van der Waals surface area (Å²) in [5, 5.41) is 2.44.